The minimum absolute atomic E-state index is 0.281. The van der Waals surface area contributed by atoms with E-state index in [-0.39, 0.29) is 5.91 Å². The molecule has 0 aromatic carbocycles. The summed E-state index contributed by atoms with van der Waals surface area (Å²) in [6.07, 6.45) is 0.373. The summed E-state index contributed by atoms with van der Waals surface area (Å²) in [7, 11) is 0. The molecule has 0 bridgehead atoms. The number of hydrogen-bond acceptors (Lipinski definition) is 5. The molecule has 0 radical (unpaired) electrons. The maximum absolute atomic E-state index is 11.8. The fraction of sp³-hybridized carbons (Fsp3) is 0.867. The molecule has 0 fully saturated rings. The van der Waals surface area contributed by atoms with Gasteiger partial charge in [-0.1, -0.05) is 6.92 Å². The second kappa shape index (κ2) is 11.3. The van der Waals surface area contributed by atoms with Crippen LogP contribution in [0.1, 0.15) is 41.0 Å². The van der Waals surface area contributed by atoms with Crippen LogP contribution in [0.4, 0.5) is 4.79 Å². The number of ether oxygens (including phenoxy) is 3. The SMILES string of the molecule is CCCOCCOCCNC(=O)[C@@H](C)NC(=O)OC(C)(C)C. The monoisotopic (exact) mass is 318 g/mol. The molecule has 0 aromatic heterocycles. The fourth-order valence-corrected chi connectivity index (χ4v) is 1.42. The average molecular weight is 318 g/mol. The third-order valence-corrected chi connectivity index (χ3v) is 2.39. The Balaban J connectivity index is 3.68. The van der Waals surface area contributed by atoms with Gasteiger partial charge in [-0.3, -0.25) is 4.79 Å². The Morgan fingerprint density at radius 2 is 1.64 bits per heavy atom. The first-order valence-electron chi connectivity index (χ1n) is 7.69. The number of hydrogen-bond donors (Lipinski definition) is 2. The minimum Gasteiger partial charge on any atom is -0.444 e. The van der Waals surface area contributed by atoms with Gasteiger partial charge in [0.1, 0.15) is 11.6 Å². The number of rotatable bonds is 10. The molecule has 0 spiro atoms. The molecule has 0 saturated carbocycles. The number of carbonyl (C=O) groups excluding carboxylic acids is 2. The number of alkyl carbamates (subject to hydrolysis) is 1. The van der Waals surface area contributed by atoms with Crippen LogP contribution in [0.3, 0.4) is 0 Å². The zero-order valence-corrected chi connectivity index (χ0v) is 14.4. The van der Waals surface area contributed by atoms with Crippen LogP contribution in [0, 0.1) is 0 Å². The number of nitrogens with one attached hydrogen (secondary N) is 2. The Morgan fingerprint density at radius 3 is 2.18 bits per heavy atom. The molecule has 0 aliphatic rings. The topological polar surface area (TPSA) is 85.9 Å². The normalized spacial score (nSPS) is 12.6. The predicted molar refractivity (Wildman–Crippen MR) is 83.8 cm³/mol. The third-order valence-electron chi connectivity index (χ3n) is 2.39. The number of carbonyl (C=O) groups is 2. The summed E-state index contributed by atoms with van der Waals surface area (Å²) in [6.45, 7) is 11.5. The van der Waals surface area contributed by atoms with Gasteiger partial charge in [-0.15, -0.1) is 0 Å². The molecule has 0 heterocycles. The van der Waals surface area contributed by atoms with Crippen LogP contribution in [0.2, 0.25) is 0 Å². The van der Waals surface area contributed by atoms with Gasteiger partial charge in [0.05, 0.1) is 19.8 Å². The third kappa shape index (κ3) is 12.4. The fourth-order valence-electron chi connectivity index (χ4n) is 1.42. The first-order valence-corrected chi connectivity index (χ1v) is 7.69. The summed E-state index contributed by atoms with van der Waals surface area (Å²) in [5.41, 5.74) is -0.589. The van der Waals surface area contributed by atoms with Crippen LogP contribution in [0.15, 0.2) is 0 Å². The van der Waals surface area contributed by atoms with Gasteiger partial charge in [0, 0.05) is 13.2 Å². The highest BCUT2D eigenvalue weighted by molar-refractivity contribution is 5.85. The van der Waals surface area contributed by atoms with E-state index in [1.165, 1.54) is 0 Å². The van der Waals surface area contributed by atoms with Gasteiger partial charge < -0.3 is 24.8 Å². The minimum atomic E-state index is -0.664. The van der Waals surface area contributed by atoms with Crippen molar-refractivity contribution in [1.29, 1.82) is 0 Å². The smallest absolute Gasteiger partial charge is 0.408 e. The zero-order valence-electron chi connectivity index (χ0n) is 14.4. The van der Waals surface area contributed by atoms with Crippen molar-refractivity contribution in [3.05, 3.63) is 0 Å². The van der Waals surface area contributed by atoms with Gasteiger partial charge in [0.15, 0.2) is 0 Å². The molecule has 0 rings (SSSR count). The largest absolute Gasteiger partial charge is 0.444 e. The molecule has 0 saturated heterocycles. The van der Waals surface area contributed by atoms with Gasteiger partial charge >= 0.3 is 6.09 Å². The van der Waals surface area contributed by atoms with E-state index in [1.807, 2.05) is 6.92 Å². The van der Waals surface area contributed by atoms with Gasteiger partial charge in [-0.05, 0) is 34.1 Å². The Hall–Kier alpha value is -1.34. The molecule has 0 aromatic rings. The van der Waals surface area contributed by atoms with E-state index in [0.717, 1.165) is 13.0 Å². The van der Waals surface area contributed by atoms with Crippen LogP contribution in [-0.2, 0) is 19.0 Å². The van der Waals surface area contributed by atoms with E-state index in [1.54, 1.807) is 27.7 Å². The maximum Gasteiger partial charge on any atom is 0.408 e. The molecular weight excluding hydrogens is 288 g/mol. The molecule has 7 nitrogen and oxygen atoms in total. The summed E-state index contributed by atoms with van der Waals surface area (Å²) < 4.78 is 15.6. The van der Waals surface area contributed by atoms with Crippen molar-refractivity contribution < 1.29 is 23.8 Å². The standard InChI is InChI=1S/C15H30N2O5/c1-6-8-20-10-11-21-9-7-16-13(18)12(2)17-14(19)22-15(3,4)5/h12H,6-11H2,1-5H3,(H,16,18)(H,17,19)/t12-/m1/s1. The summed E-state index contributed by atoms with van der Waals surface area (Å²) in [6, 6.07) is -0.664. The van der Waals surface area contributed by atoms with E-state index < -0.39 is 17.7 Å². The first kappa shape index (κ1) is 20.7. The van der Waals surface area contributed by atoms with E-state index in [4.69, 9.17) is 14.2 Å². The number of amides is 2. The van der Waals surface area contributed by atoms with Gasteiger partial charge in [0.2, 0.25) is 5.91 Å². The molecule has 22 heavy (non-hydrogen) atoms. The highest BCUT2D eigenvalue weighted by Crippen LogP contribution is 2.06. The van der Waals surface area contributed by atoms with E-state index >= 15 is 0 Å². The molecule has 0 aliphatic heterocycles. The van der Waals surface area contributed by atoms with Crippen LogP contribution >= 0.6 is 0 Å². The predicted octanol–water partition coefficient (Wildman–Crippen LogP) is 1.46. The van der Waals surface area contributed by atoms with Gasteiger partial charge in [-0.2, -0.15) is 0 Å². The van der Waals surface area contributed by atoms with Crippen LogP contribution < -0.4 is 10.6 Å². The highest BCUT2D eigenvalue weighted by Gasteiger charge is 2.20. The summed E-state index contributed by atoms with van der Waals surface area (Å²) in [5, 5.41) is 5.16. The summed E-state index contributed by atoms with van der Waals surface area (Å²) in [4.78, 5) is 23.3. The Morgan fingerprint density at radius 1 is 1.05 bits per heavy atom. The molecule has 7 heteroatoms. The van der Waals surface area contributed by atoms with E-state index in [2.05, 4.69) is 10.6 Å². The first-order chi connectivity index (χ1) is 10.3. The Bertz CT molecular complexity index is 328. The molecule has 2 N–H and O–H groups in total. The lowest BCUT2D eigenvalue weighted by Gasteiger charge is -2.21. The zero-order chi connectivity index (χ0) is 17.0. The summed E-state index contributed by atoms with van der Waals surface area (Å²) >= 11 is 0. The van der Waals surface area contributed by atoms with Crippen LogP contribution in [-0.4, -0.2) is 56.6 Å². The maximum atomic E-state index is 11.8. The second-order valence-corrected chi connectivity index (χ2v) is 5.88. The van der Waals surface area contributed by atoms with Gasteiger partial charge in [-0.25, -0.2) is 4.79 Å². The quantitative estimate of drug-likeness (QED) is 0.596. The second-order valence-electron chi connectivity index (χ2n) is 5.88. The van der Waals surface area contributed by atoms with E-state index in [9.17, 15) is 9.59 Å². The van der Waals surface area contributed by atoms with E-state index in [0.29, 0.717) is 26.4 Å². The molecule has 0 aliphatic carbocycles. The Kier molecular flexibility index (Phi) is 10.6. The Labute approximate surface area is 133 Å². The van der Waals surface area contributed by atoms with Crippen molar-refractivity contribution >= 4 is 12.0 Å². The molecule has 130 valence electrons. The van der Waals surface area contributed by atoms with Crippen molar-refractivity contribution in [3.8, 4) is 0 Å². The van der Waals surface area contributed by atoms with Crippen LogP contribution in [0.25, 0.3) is 0 Å². The van der Waals surface area contributed by atoms with Crippen LogP contribution in [0.5, 0.6) is 0 Å². The highest BCUT2D eigenvalue weighted by atomic mass is 16.6. The van der Waals surface area contributed by atoms with Crippen molar-refractivity contribution in [2.24, 2.45) is 0 Å². The molecular formula is C15H30N2O5. The van der Waals surface area contributed by atoms with Crippen molar-refractivity contribution in [1.82, 2.24) is 10.6 Å². The molecule has 2 amide bonds. The summed E-state index contributed by atoms with van der Waals surface area (Å²) in [5.74, 6) is -0.281. The lowest BCUT2D eigenvalue weighted by molar-refractivity contribution is -0.123. The van der Waals surface area contributed by atoms with Gasteiger partial charge in [0.25, 0.3) is 0 Å². The average Bonchev–Trinajstić information content (AvgIpc) is 2.39. The molecule has 1 atom stereocenters. The lowest BCUT2D eigenvalue weighted by atomic mass is 10.2. The van der Waals surface area contributed by atoms with Crippen molar-refractivity contribution in [3.63, 3.8) is 0 Å². The van der Waals surface area contributed by atoms with Crippen molar-refractivity contribution in [2.75, 3.05) is 33.0 Å². The lowest BCUT2D eigenvalue weighted by Crippen LogP contribution is -2.47. The molecule has 0 unspecified atom stereocenters. The van der Waals surface area contributed by atoms with Crippen molar-refractivity contribution in [2.45, 2.75) is 52.7 Å².